The molecule has 2 heterocycles. The second-order valence-corrected chi connectivity index (χ2v) is 6.99. The number of benzene rings is 1. The Morgan fingerprint density at radius 3 is 2.15 bits per heavy atom. The van der Waals surface area contributed by atoms with E-state index in [1.54, 1.807) is 0 Å². The summed E-state index contributed by atoms with van der Waals surface area (Å²) >= 11 is 1.82. The standard InChI is InChI=1S/C17H26N2S/c1-20-17-4-2-16(3-5-17)19-12-8-15(9-13-19)14-6-10-18-11-7-14/h2-5,14-15,18H,6-13H2,1H3. The molecule has 20 heavy (non-hydrogen) atoms. The van der Waals surface area contributed by atoms with Gasteiger partial charge in [-0.05, 0) is 81.1 Å². The molecule has 1 N–H and O–H groups in total. The molecule has 2 aliphatic rings. The fraction of sp³-hybridized carbons (Fsp3) is 0.647. The summed E-state index contributed by atoms with van der Waals surface area (Å²) in [6, 6.07) is 9.07. The van der Waals surface area contributed by atoms with Gasteiger partial charge in [-0.2, -0.15) is 0 Å². The average Bonchev–Trinajstić information content (AvgIpc) is 2.56. The van der Waals surface area contributed by atoms with E-state index in [2.05, 4.69) is 40.7 Å². The first-order chi connectivity index (χ1) is 9.86. The lowest BCUT2D eigenvalue weighted by Gasteiger charge is -2.38. The van der Waals surface area contributed by atoms with Crippen LogP contribution in [0.25, 0.3) is 0 Å². The summed E-state index contributed by atoms with van der Waals surface area (Å²) in [5.74, 6) is 1.95. The summed E-state index contributed by atoms with van der Waals surface area (Å²) in [6.07, 6.45) is 7.70. The minimum Gasteiger partial charge on any atom is -0.372 e. The van der Waals surface area contributed by atoms with Gasteiger partial charge in [-0.3, -0.25) is 0 Å². The van der Waals surface area contributed by atoms with Gasteiger partial charge in [0.05, 0.1) is 0 Å². The first kappa shape index (κ1) is 14.3. The summed E-state index contributed by atoms with van der Waals surface area (Å²) in [4.78, 5) is 3.93. The Balaban J connectivity index is 1.54. The Kier molecular flexibility index (Phi) is 4.90. The van der Waals surface area contributed by atoms with Gasteiger partial charge in [0.2, 0.25) is 0 Å². The molecular weight excluding hydrogens is 264 g/mol. The van der Waals surface area contributed by atoms with Crippen LogP contribution in [0.3, 0.4) is 0 Å². The molecule has 0 amide bonds. The summed E-state index contributed by atoms with van der Waals surface area (Å²) in [5.41, 5.74) is 1.41. The lowest BCUT2D eigenvalue weighted by Crippen LogP contribution is -2.39. The van der Waals surface area contributed by atoms with Crippen LogP contribution in [-0.2, 0) is 0 Å². The Bertz CT molecular complexity index is 404. The fourth-order valence-corrected chi connectivity index (χ4v) is 4.15. The molecule has 2 saturated heterocycles. The van der Waals surface area contributed by atoms with Crippen LogP contribution >= 0.6 is 11.8 Å². The predicted octanol–water partition coefficient (Wildman–Crippen LogP) is 3.62. The Morgan fingerprint density at radius 1 is 0.950 bits per heavy atom. The fourth-order valence-electron chi connectivity index (χ4n) is 3.74. The molecule has 0 atom stereocenters. The number of nitrogens with zero attached hydrogens (tertiary/aromatic N) is 1. The topological polar surface area (TPSA) is 15.3 Å². The quantitative estimate of drug-likeness (QED) is 0.856. The molecule has 0 aromatic heterocycles. The summed E-state index contributed by atoms with van der Waals surface area (Å²) in [7, 11) is 0. The lowest BCUT2D eigenvalue weighted by atomic mass is 9.79. The summed E-state index contributed by atoms with van der Waals surface area (Å²) in [6.45, 7) is 4.96. The molecule has 0 aliphatic carbocycles. The van der Waals surface area contributed by atoms with Crippen LogP contribution in [0.15, 0.2) is 29.2 Å². The molecule has 2 aliphatic heterocycles. The highest BCUT2D eigenvalue weighted by atomic mass is 32.2. The number of hydrogen-bond acceptors (Lipinski definition) is 3. The molecule has 0 bridgehead atoms. The third kappa shape index (κ3) is 3.32. The third-order valence-corrected chi connectivity index (χ3v) is 5.77. The predicted molar refractivity (Wildman–Crippen MR) is 88.8 cm³/mol. The zero-order chi connectivity index (χ0) is 13.8. The van der Waals surface area contributed by atoms with Crippen molar-refractivity contribution in [2.24, 2.45) is 11.8 Å². The highest BCUT2D eigenvalue weighted by Crippen LogP contribution is 2.32. The van der Waals surface area contributed by atoms with E-state index < -0.39 is 0 Å². The van der Waals surface area contributed by atoms with E-state index in [-0.39, 0.29) is 0 Å². The SMILES string of the molecule is CSc1ccc(N2CCC(C3CCNCC3)CC2)cc1. The van der Waals surface area contributed by atoms with Crippen LogP contribution in [0.1, 0.15) is 25.7 Å². The molecule has 2 fully saturated rings. The van der Waals surface area contributed by atoms with Crippen molar-refractivity contribution in [1.29, 1.82) is 0 Å². The summed E-state index contributed by atoms with van der Waals surface area (Å²) < 4.78 is 0. The van der Waals surface area contributed by atoms with Crippen LogP contribution in [0.4, 0.5) is 5.69 Å². The first-order valence-corrected chi connectivity index (χ1v) is 9.19. The Morgan fingerprint density at radius 2 is 1.55 bits per heavy atom. The van der Waals surface area contributed by atoms with Crippen molar-refractivity contribution in [3.63, 3.8) is 0 Å². The van der Waals surface area contributed by atoms with Gasteiger partial charge >= 0.3 is 0 Å². The van der Waals surface area contributed by atoms with Crippen molar-refractivity contribution in [1.82, 2.24) is 5.32 Å². The molecule has 3 rings (SSSR count). The molecular formula is C17H26N2S. The first-order valence-electron chi connectivity index (χ1n) is 7.96. The van der Waals surface area contributed by atoms with Gasteiger partial charge in [0.25, 0.3) is 0 Å². The molecule has 0 saturated carbocycles. The lowest BCUT2D eigenvalue weighted by molar-refractivity contribution is 0.222. The van der Waals surface area contributed by atoms with Crippen LogP contribution in [0.2, 0.25) is 0 Å². The number of piperidine rings is 2. The number of anilines is 1. The number of nitrogens with one attached hydrogen (secondary N) is 1. The molecule has 0 radical (unpaired) electrons. The van der Waals surface area contributed by atoms with Crippen molar-refractivity contribution >= 4 is 17.4 Å². The zero-order valence-corrected chi connectivity index (χ0v) is 13.3. The smallest absolute Gasteiger partial charge is 0.0366 e. The van der Waals surface area contributed by atoms with Crippen molar-refractivity contribution < 1.29 is 0 Å². The van der Waals surface area contributed by atoms with Gasteiger partial charge < -0.3 is 10.2 Å². The van der Waals surface area contributed by atoms with Crippen LogP contribution in [-0.4, -0.2) is 32.4 Å². The van der Waals surface area contributed by atoms with Gasteiger partial charge in [-0.1, -0.05) is 0 Å². The van der Waals surface area contributed by atoms with Gasteiger partial charge in [0.1, 0.15) is 0 Å². The minimum atomic E-state index is 0.971. The highest BCUT2D eigenvalue weighted by Gasteiger charge is 2.27. The van der Waals surface area contributed by atoms with Crippen molar-refractivity contribution in [2.45, 2.75) is 30.6 Å². The normalized spacial score (nSPS) is 22.1. The van der Waals surface area contributed by atoms with Crippen LogP contribution in [0, 0.1) is 11.8 Å². The maximum atomic E-state index is 3.49. The molecule has 0 unspecified atom stereocenters. The van der Waals surface area contributed by atoms with Gasteiger partial charge in [-0.15, -0.1) is 11.8 Å². The van der Waals surface area contributed by atoms with Crippen molar-refractivity contribution in [3.05, 3.63) is 24.3 Å². The van der Waals surface area contributed by atoms with Crippen molar-refractivity contribution in [2.75, 3.05) is 37.3 Å². The van der Waals surface area contributed by atoms with E-state index in [1.807, 2.05) is 11.8 Å². The number of hydrogen-bond donors (Lipinski definition) is 1. The Hall–Kier alpha value is -0.670. The van der Waals surface area contributed by atoms with Gasteiger partial charge in [0.15, 0.2) is 0 Å². The van der Waals surface area contributed by atoms with E-state index in [0.29, 0.717) is 0 Å². The molecule has 1 aromatic rings. The van der Waals surface area contributed by atoms with Crippen LogP contribution < -0.4 is 10.2 Å². The average molecular weight is 290 g/mol. The molecule has 1 aromatic carbocycles. The monoisotopic (exact) mass is 290 g/mol. The minimum absolute atomic E-state index is 0.971. The van der Waals surface area contributed by atoms with Gasteiger partial charge in [0, 0.05) is 23.7 Å². The Labute approximate surface area is 127 Å². The third-order valence-electron chi connectivity index (χ3n) is 5.03. The van der Waals surface area contributed by atoms with E-state index in [0.717, 1.165) is 11.8 Å². The van der Waals surface area contributed by atoms with Crippen molar-refractivity contribution in [3.8, 4) is 0 Å². The van der Waals surface area contributed by atoms with E-state index in [1.165, 1.54) is 62.4 Å². The maximum Gasteiger partial charge on any atom is 0.0366 e. The zero-order valence-electron chi connectivity index (χ0n) is 12.5. The molecule has 3 heteroatoms. The summed E-state index contributed by atoms with van der Waals surface area (Å²) in [5, 5.41) is 3.49. The molecule has 0 spiro atoms. The molecule has 2 nitrogen and oxygen atoms in total. The second-order valence-electron chi connectivity index (χ2n) is 6.11. The number of rotatable bonds is 3. The van der Waals surface area contributed by atoms with Crippen LogP contribution in [0.5, 0.6) is 0 Å². The van der Waals surface area contributed by atoms with E-state index >= 15 is 0 Å². The molecule has 110 valence electrons. The van der Waals surface area contributed by atoms with E-state index in [9.17, 15) is 0 Å². The number of thioether (sulfide) groups is 1. The van der Waals surface area contributed by atoms with Gasteiger partial charge in [-0.25, -0.2) is 0 Å². The largest absolute Gasteiger partial charge is 0.372 e. The second kappa shape index (κ2) is 6.86. The maximum absolute atomic E-state index is 3.49. The van der Waals surface area contributed by atoms with E-state index in [4.69, 9.17) is 0 Å². The highest BCUT2D eigenvalue weighted by molar-refractivity contribution is 7.98.